The minimum atomic E-state index is 0. The number of rotatable bonds is 22. The van der Waals surface area contributed by atoms with E-state index in [9.17, 15) is 0 Å². The minimum absolute atomic E-state index is 0. The zero-order valence-corrected chi connectivity index (χ0v) is 26.2. The predicted octanol–water partition coefficient (Wildman–Crippen LogP) is 8.57. The van der Waals surface area contributed by atoms with Crippen molar-refractivity contribution >= 4 is 0 Å². The fourth-order valence-electron chi connectivity index (χ4n) is 3.13. The fourth-order valence-corrected chi connectivity index (χ4v) is 3.13. The van der Waals surface area contributed by atoms with Crippen molar-refractivity contribution in [1.82, 2.24) is 0 Å². The first-order chi connectivity index (χ1) is 16.7. The molecule has 0 amide bonds. The molecule has 0 saturated heterocycles. The topological polar surface area (TPSA) is 80.9 Å². The third-order valence-corrected chi connectivity index (χ3v) is 5.55. The average Bonchev–Trinajstić information content (AvgIpc) is 2.84. The van der Waals surface area contributed by atoms with Crippen molar-refractivity contribution in [3.05, 3.63) is 0 Å². The van der Waals surface area contributed by atoms with Gasteiger partial charge in [-0.2, -0.15) is 0 Å². The Kier molecular flexibility index (Phi) is 71.7. The van der Waals surface area contributed by atoms with Gasteiger partial charge >= 0.3 is 0 Å². The van der Waals surface area contributed by atoms with E-state index in [-0.39, 0.29) is 21.7 Å². The third kappa shape index (κ3) is 72.0. The van der Waals surface area contributed by atoms with Crippen molar-refractivity contribution in [2.75, 3.05) is 26.4 Å². The molecule has 0 unspecified atom stereocenters. The first-order valence-corrected chi connectivity index (χ1v) is 15.1. The molecule has 4 nitrogen and oxygen atoms in total. The van der Waals surface area contributed by atoms with Crippen LogP contribution in [0.2, 0.25) is 0 Å². The largest absolute Gasteiger partial charge is 0.396 e. The zero-order valence-electron chi connectivity index (χ0n) is 24.7. The molecule has 0 atom stereocenters. The van der Waals surface area contributed by atoms with Crippen LogP contribution in [0.3, 0.4) is 0 Å². The molecule has 4 N–H and O–H groups in total. The van der Waals surface area contributed by atoms with Crippen LogP contribution >= 0.6 is 0 Å². The molecule has 0 bridgehead atoms. The van der Waals surface area contributed by atoms with Gasteiger partial charge < -0.3 is 20.4 Å². The van der Waals surface area contributed by atoms with Crippen LogP contribution in [0.5, 0.6) is 0 Å². The summed E-state index contributed by atoms with van der Waals surface area (Å²) in [6, 6.07) is 0. The van der Waals surface area contributed by atoms with Gasteiger partial charge in [0.1, 0.15) is 0 Å². The molecule has 0 aliphatic heterocycles. The summed E-state index contributed by atoms with van der Waals surface area (Å²) in [5.74, 6) is 0. The van der Waals surface area contributed by atoms with Gasteiger partial charge in [0.15, 0.2) is 0 Å². The Balaban J connectivity index is -0.000000152. The van der Waals surface area contributed by atoms with Crippen molar-refractivity contribution < 1.29 is 42.1 Å². The average molecular weight is 541 g/mol. The minimum Gasteiger partial charge on any atom is -0.396 e. The number of unbranched alkanes of at least 4 members (excludes halogenated alkanes) is 18. The van der Waals surface area contributed by atoms with E-state index in [0.717, 1.165) is 44.9 Å². The smallest absolute Gasteiger partial charge is 0.0431 e. The second-order valence-corrected chi connectivity index (χ2v) is 9.26. The molecule has 5 heteroatoms. The summed E-state index contributed by atoms with van der Waals surface area (Å²) in [7, 11) is 0. The summed E-state index contributed by atoms with van der Waals surface area (Å²) in [6.45, 7) is 9.84. The van der Waals surface area contributed by atoms with Gasteiger partial charge in [-0.05, 0) is 25.7 Å². The Morgan fingerprint density at radius 3 is 0.571 bits per heavy atom. The Labute approximate surface area is 237 Å². The summed E-state index contributed by atoms with van der Waals surface area (Å²) in [5, 5.41) is 32.9. The quantitative estimate of drug-likeness (QED) is 0.0819. The Morgan fingerprint density at radius 2 is 0.429 bits per heavy atom. The van der Waals surface area contributed by atoms with Gasteiger partial charge in [0.05, 0.1) is 0 Å². The molecule has 0 aliphatic rings. The standard InChI is InChI=1S/C18H38O.3C4H10O.Ti/c1-2-3-4-5-6-7-8-9-10-11-12-13-14-15-16-17-18-19;3*1-2-3-4-5;/h19H,2-18H2,1H3;3*5H,2-4H2,1H3;. The number of aliphatic hydroxyl groups is 4. The van der Waals surface area contributed by atoms with E-state index in [1.165, 1.54) is 96.3 Å². The van der Waals surface area contributed by atoms with Gasteiger partial charge in [0, 0.05) is 48.1 Å². The maximum Gasteiger partial charge on any atom is 0.0431 e. The van der Waals surface area contributed by atoms with Crippen LogP contribution in [-0.4, -0.2) is 46.9 Å². The van der Waals surface area contributed by atoms with E-state index in [1.807, 2.05) is 0 Å². The molecular formula is C30H68O4Ti. The SMILES string of the molecule is CCCCCCCCCCCCCCCCCCO.CCCCO.CCCCO.CCCCO.[Ti]. The molecule has 0 radical (unpaired) electrons. The summed E-state index contributed by atoms with van der Waals surface area (Å²) in [6.07, 6.45) is 28.3. The molecule has 0 heterocycles. The van der Waals surface area contributed by atoms with E-state index in [0.29, 0.717) is 26.4 Å². The monoisotopic (exact) mass is 540 g/mol. The predicted molar refractivity (Wildman–Crippen MR) is 153 cm³/mol. The van der Waals surface area contributed by atoms with Crippen molar-refractivity contribution in [3.63, 3.8) is 0 Å². The number of hydrogen-bond donors (Lipinski definition) is 4. The van der Waals surface area contributed by atoms with Gasteiger partial charge in [-0.15, -0.1) is 0 Å². The molecule has 0 rings (SSSR count). The second kappa shape index (κ2) is 55.2. The molecule has 216 valence electrons. The van der Waals surface area contributed by atoms with Gasteiger partial charge in [-0.3, -0.25) is 0 Å². The van der Waals surface area contributed by atoms with Crippen molar-refractivity contribution in [3.8, 4) is 0 Å². The van der Waals surface area contributed by atoms with Gasteiger partial charge in [0.2, 0.25) is 0 Å². The van der Waals surface area contributed by atoms with Crippen molar-refractivity contribution in [2.24, 2.45) is 0 Å². The molecule has 35 heavy (non-hydrogen) atoms. The molecule has 0 aromatic rings. The van der Waals surface area contributed by atoms with Crippen LogP contribution < -0.4 is 0 Å². The molecule has 0 aromatic heterocycles. The maximum absolute atomic E-state index is 8.67. The molecule has 0 aromatic carbocycles. The summed E-state index contributed by atoms with van der Waals surface area (Å²) in [4.78, 5) is 0. The molecule has 0 fully saturated rings. The Hall–Kier alpha value is 0.554. The first kappa shape index (κ1) is 45.5. The second-order valence-electron chi connectivity index (χ2n) is 9.26. The van der Waals surface area contributed by atoms with Gasteiger partial charge in [-0.1, -0.05) is 143 Å². The van der Waals surface area contributed by atoms with E-state index >= 15 is 0 Å². The van der Waals surface area contributed by atoms with E-state index in [4.69, 9.17) is 20.4 Å². The molecule has 0 aliphatic carbocycles. The van der Waals surface area contributed by atoms with Gasteiger partial charge in [0.25, 0.3) is 0 Å². The Morgan fingerprint density at radius 1 is 0.257 bits per heavy atom. The summed E-state index contributed by atoms with van der Waals surface area (Å²) in [5.41, 5.74) is 0. The van der Waals surface area contributed by atoms with Crippen LogP contribution in [0, 0.1) is 0 Å². The van der Waals surface area contributed by atoms with E-state index in [1.54, 1.807) is 0 Å². The summed E-state index contributed by atoms with van der Waals surface area (Å²) >= 11 is 0. The van der Waals surface area contributed by atoms with Crippen molar-refractivity contribution in [2.45, 2.75) is 169 Å². The van der Waals surface area contributed by atoms with Crippen LogP contribution in [0.15, 0.2) is 0 Å². The molecular weight excluding hydrogens is 472 g/mol. The van der Waals surface area contributed by atoms with Crippen LogP contribution in [0.4, 0.5) is 0 Å². The van der Waals surface area contributed by atoms with E-state index in [2.05, 4.69) is 27.7 Å². The van der Waals surface area contributed by atoms with Crippen LogP contribution in [0.25, 0.3) is 0 Å². The zero-order chi connectivity index (χ0) is 26.4. The maximum atomic E-state index is 8.67. The van der Waals surface area contributed by atoms with Crippen LogP contribution in [0.1, 0.15) is 169 Å². The first-order valence-electron chi connectivity index (χ1n) is 15.1. The van der Waals surface area contributed by atoms with E-state index < -0.39 is 0 Å². The van der Waals surface area contributed by atoms with Crippen molar-refractivity contribution in [1.29, 1.82) is 0 Å². The third-order valence-electron chi connectivity index (χ3n) is 5.55. The number of aliphatic hydroxyl groups excluding tert-OH is 4. The van der Waals surface area contributed by atoms with Crippen LogP contribution in [-0.2, 0) is 21.7 Å². The van der Waals surface area contributed by atoms with Gasteiger partial charge in [-0.25, -0.2) is 0 Å². The number of hydrogen-bond acceptors (Lipinski definition) is 4. The normalized spacial score (nSPS) is 9.60. The Bertz CT molecular complexity index is 232. The molecule has 0 spiro atoms. The summed E-state index contributed by atoms with van der Waals surface area (Å²) < 4.78 is 0. The molecule has 0 saturated carbocycles. The fraction of sp³-hybridized carbons (Fsp3) is 1.00.